The molecule has 1 heterocycles. The second kappa shape index (κ2) is 21.2. The van der Waals surface area contributed by atoms with Gasteiger partial charge in [0, 0.05) is 6.54 Å². The molecular weight excluding hydrogens is 711 g/mol. The van der Waals surface area contributed by atoms with E-state index in [4.69, 9.17) is 10.00 Å². The molecule has 3 N–H and O–H groups in total. The standard InChI is InChI=1S/C37H53N5O8S.C3H8/c1-4-21-37(2,3)50-36(47)41-31(27-11-6-5-7-12-27)35(46)42-22-9-14-30(42)33(44)40-29(13-8-10-25-15-16-25)32(43)34(45)39-24-51(48,49)28-19-17-26(23-38)18-20-28;1-3-2/h17-20,25,27,29-31H,4-16,21-22,24H2,1-3H3,(H,39,45)(H,40,44)(H,41,47);3H2,1-2H3. The van der Waals surface area contributed by atoms with Crippen LogP contribution in [0.2, 0.25) is 0 Å². The first-order valence-electron chi connectivity index (χ1n) is 19.8. The zero-order valence-corrected chi connectivity index (χ0v) is 33.6. The first-order valence-corrected chi connectivity index (χ1v) is 21.5. The van der Waals surface area contributed by atoms with Gasteiger partial charge in [0.25, 0.3) is 5.91 Å². The maximum Gasteiger partial charge on any atom is 0.408 e. The molecule has 2 saturated carbocycles. The molecule has 2 aliphatic carbocycles. The number of Topliss-reactive ketones (excluding diaryl/α,β-unsaturated/α-hetero) is 1. The molecule has 4 rings (SSSR count). The Labute approximate surface area is 321 Å². The van der Waals surface area contributed by atoms with Crippen molar-refractivity contribution >= 4 is 39.4 Å². The summed E-state index contributed by atoms with van der Waals surface area (Å²) in [5.41, 5.74) is -0.439. The lowest BCUT2D eigenvalue weighted by Gasteiger charge is -2.35. The largest absolute Gasteiger partial charge is 0.444 e. The predicted octanol–water partition coefficient (Wildman–Crippen LogP) is 5.70. The average Bonchev–Trinajstić information content (AvgIpc) is 3.84. The molecule has 54 heavy (non-hydrogen) atoms. The lowest BCUT2D eigenvalue weighted by atomic mass is 9.83. The summed E-state index contributed by atoms with van der Waals surface area (Å²) >= 11 is 0. The van der Waals surface area contributed by atoms with E-state index < -0.39 is 63.1 Å². The van der Waals surface area contributed by atoms with Crippen LogP contribution in [0.5, 0.6) is 0 Å². The number of nitrogens with zero attached hydrogens (tertiary/aromatic N) is 2. The highest BCUT2D eigenvalue weighted by atomic mass is 32.2. The number of benzene rings is 1. The molecule has 3 unspecified atom stereocenters. The smallest absolute Gasteiger partial charge is 0.408 e. The number of alkyl carbamates (subject to hydrolysis) is 1. The Morgan fingerprint density at radius 3 is 2.19 bits per heavy atom. The molecule has 3 aliphatic rings. The Bertz CT molecular complexity index is 1580. The normalized spacial score (nSPS) is 18.6. The van der Waals surface area contributed by atoms with E-state index in [-0.39, 0.29) is 28.7 Å². The fourth-order valence-corrected chi connectivity index (χ4v) is 8.21. The van der Waals surface area contributed by atoms with Crippen molar-refractivity contribution < 1.29 is 37.1 Å². The molecule has 0 spiro atoms. The molecule has 300 valence electrons. The van der Waals surface area contributed by atoms with Gasteiger partial charge < -0.3 is 25.6 Å². The summed E-state index contributed by atoms with van der Waals surface area (Å²) in [6, 6.07) is 4.11. The number of carbonyl (C=O) groups excluding carboxylic acids is 5. The molecule has 14 heteroatoms. The first-order chi connectivity index (χ1) is 25.7. The van der Waals surface area contributed by atoms with Gasteiger partial charge in [-0.05, 0) is 88.5 Å². The summed E-state index contributed by atoms with van der Waals surface area (Å²) < 4.78 is 31.3. The summed E-state index contributed by atoms with van der Waals surface area (Å²) in [5.74, 6) is -3.46. The van der Waals surface area contributed by atoms with Crippen LogP contribution in [0.25, 0.3) is 0 Å². The van der Waals surface area contributed by atoms with Crippen molar-refractivity contribution in [3.8, 4) is 6.07 Å². The van der Waals surface area contributed by atoms with Crippen molar-refractivity contribution in [1.29, 1.82) is 5.26 Å². The maximum atomic E-state index is 14.2. The molecule has 13 nitrogen and oxygen atoms in total. The Morgan fingerprint density at radius 1 is 0.944 bits per heavy atom. The molecule has 0 aromatic heterocycles. The van der Waals surface area contributed by atoms with Gasteiger partial charge in [0.2, 0.25) is 17.6 Å². The zero-order chi connectivity index (χ0) is 39.9. The summed E-state index contributed by atoms with van der Waals surface area (Å²) in [7, 11) is -4.02. The van der Waals surface area contributed by atoms with Gasteiger partial charge in [-0.1, -0.05) is 78.6 Å². The van der Waals surface area contributed by atoms with E-state index in [1.165, 1.54) is 35.6 Å². The molecule has 0 bridgehead atoms. The zero-order valence-electron chi connectivity index (χ0n) is 32.8. The van der Waals surface area contributed by atoms with E-state index in [1.54, 1.807) is 0 Å². The van der Waals surface area contributed by atoms with Gasteiger partial charge in [0.05, 0.1) is 22.6 Å². The van der Waals surface area contributed by atoms with Crippen molar-refractivity contribution in [2.45, 2.75) is 160 Å². The highest BCUT2D eigenvalue weighted by Gasteiger charge is 2.42. The van der Waals surface area contributed by atoms with Crippen molar-refractivity contribution in [3.05, 3.63) is 29.8 Å². The van der Waals surface area contributed by atoms with E-state index in [1.807, 2.05) is 26.8 Å². The van der Waals surface area contributed by atoms with Crippen LogP contribution in [0.1, 0.15) is 136 Å². The molecule has 4 amide bonds. The quantitative estimate of drug-likeness (QED) is 0.167. The first kappa shape index (κ1) is 44.4. The summed E-state index contributed by atoms with van der Waals surface area (Å²) in [6.45, 7) is 10.2. The van der Waals surface area contributed by atoms with Gasteiger partial charge >= 0.3 is 6.09 Å². The van der Waals surface area contributed by atoms with Crippen molar-refractivity contribution in [2.24, 2.45) is 11.8 Å². The number of hydrogen-bond acceptors (Lipinski definition) is 9. The second-order valence-corrected chi connectivity index (χ2v) is 17.5. The molecule has 1 saturated heterocycles. The topological polar surface area (TPSA) is 192 Å². The van der Waals surface area contributed by atoms with Gasteiger partial charge in [-0.3, -0.25) is 19.2 Å². The molecule has 3 atom stereocenters. The number of rotatable bonds is 17. The molecule has 1 aromatic carbocycles. The summed E-state index contributed by atoms with van der Waals surface area (Å²) in [6.07, 6.45) is 11.1. The number of nitrogens with one attached hydrogen (secondary N) is 3. The van der Waals surface area contributed by atoms with Crippen LogP contribution in [0, 0.1) is 23.2 Å². The maximum absolute atomic E-state index is 14.2. The lowest BCUT2D eigenvalue weighted by Crippen LogP contribution is -2.58. The third kappa shape index (κ3) is 13.7. The Balaban J connectivity index is 0.00000253. The summed E-state index contributed by atoms with van der Waals surface area (Å²) in [5, 5.41) is 16.8. The molecule has 0 radical (unpaired) electrons. The number of likely N-dealkylation sites (tertiary alicyclic amines) is 1. The van der Waals surface area contributed by atoms with E-state index in [0.717, 1.165) is 57.8 Å². The van der Waals surface area contributed by atoms with Crippen LogP contribution in [0.3, 0.4) is 0 Å². The van der Waals surface area contributed by atoms with E-state index in [9.17, 15) is 32.4 Å². The van der Waals surface area contributed by atoms with Crippen LogP contribution in [-0.4, -0.2) is 79.1 Å². The van der Waals surface area contributed by atoms with E-state index >= 15 is 0 Å². The number of ether oxygens (including phenoxy) is 1. The van der Waals surface area contributed by atoms with Crippen LogP contribution in [0.4, 0.5) is 4.79 Å². The predicted molar refractivity (Wildman–Crippen MR) is 205 cm³/mol. The highest BCUT2D eigenvalue weighted by Crippen LogP contribution is 2.34. The van der Waals surface area contributed by atoms with Gasteiger partial charge in [0.1, 0.15) is 23.6 Å². The highest BCUT2D eigenvalue weighted by molar-refractivity contribution is 7.91. The number of nitriles is 1. The van der Waals surface area contributed by atoms with Crippen molar-refractivity contribution in [3.63, 3.8) is 0 Å². The van der Waals surface area contributed by atoms with Gasteiger partial charge in [0.15, 0.2) is 9.84 Å². The van der Waals surface area contributed by atoms with Crippen LogP contribution in [-0.2, 0) is 33.8 Å². The third-order valence-electron chi connectivity index (χ3n) is 10.1. The van der Waals surface area contributed by atoms with Crippen molar-refractivity contribution in [1.82, 2.24) is 20.9 Å². The van der Waals surface area contributed by atoms with E-state index in [0.29, 0.717) is 38.1 Å². The lowest BCUT2D eigenvalue weighted by molar-refractivity contribution is -0.143. The van der Waals surface area contributed by atoms with Gasteiger partial charge in [-0.15, -0.1) is 0 Å². The van der Waals surface area contributed by atoms with Crippen LogP contribution >= 0.6 is 0 Å². The van der Waals surface area contributed by atoms with E-state index in [2.05, 4.69) is 29.8 Å². The van der Waals surface area contributed by atoms with Crippen molar-refractivity contribution in [2.75, 3.05) is 12.4 Å². The fourth-order valence-electron chi connectivity index (χ4n) is 7.17. The van der Waals surface area contributed by atoms with Gasteiger partial charge in [-0.25, -0.2) is 13.2 Å². The van der Waals surface area contributed by atoms with Crippen LogP contribution < -0.4 is 16.0 Å². The minimum absolute atomic E-state index is 0.113. The number of hydrogen-bond donors (Lipinski definition) is 3. The number of ketones is 1. The Kier molecular flexibility index (Phi) is 17.4. The second-order valence-electron chi connectivity index (χ2n) is 15.5. The Morgan fingerprint density at radius 2 is 1.59 bits per heavy atom. The fraction of sp³-hybridized carbons (Fsp3) is 0.700. The van der Waals surface area contributed by atoms with Crippen LogP contribution in [0.15, 0.2) is 29.2 Å². The molecule has 1 aliphatic heterocycles. The monoisotopic (exact) mass is 771 g/mol. The van der Waals surface area contributed by atoms with Gasteiger partial charge in [-0.2, -0.15) is 5.26 Å². The average molecular weight is 772 g/mol. The number of amides is 4. The molecule has 3 fully saturated rings. The summed E-state index contributed by atoms with van der Waals surface area (Å²) in [4.78, 5) is 68.9. The third-order valence-corrected chi connectivity index (χ3v) is 11.7. The number of sulfone groups is 1. The molecule has 1 aromatic rings. The number of carbonyl (C=O) groups is 5. The SMILES string of the molecule is CCC.CCCC(C)(C)OC(=O)NC(C(=O)N1CCCC1C(=O)NC(CCCC1CC1)C(=O)C(=O)NCS(=O)(=O)c1ccc(C#N)cc1)C1CCCCC1. The minimum atomic E-state index is -4.02. The minimum Gasteiger partial charge on any atom is -0.444 e. The molecular formula is C40H61N5O8S. The Hall–Kier alpha value is -3.99.